The second kappa shape index (κ2) is 5.72. The maximum atomic E-state index is 9.90. The molecule has 1 heterocycles. The van der Waals surface area contributed by atoms with E-state index in [0.717, 1.165) is 44.6 Å². The molecule has 0 bridgehead atoms. The van der Waals surface area contributed by atoms with Crippen molar-refractivity contribution in [1.29, 1.82) is 0 Å². The summed E-state index contributed by atoms with van der Waals surface area (Å²) < 4.78 is 0. The average molecular weight is 275 g/mol. The number of fused-ring (bicyclic) bond motifs is 1. The van der Waals surface area contributed by atoms with Crippen molar-refractivity contribution in [3.05, 3.63) is 29.3 Å². The summed E-state index contributed by atoms with van der Waals surface area (Å²) in [4.78, 5) is 4.85. The van der Waals surface area contributed by atoms with Gasteiger partial charge in [-0.1, -0.05) is 12.1 Å². The maximum absolute atomic E-state index is 9.90. The van der Waals surface area contributed by atoms with Crippen LogP contribution in [0.2, 0.25) is 0 Å². The summed E-state index contributed by atoms with van der Waals surface area (Å²) in [5.41, 5.74) is 2.43. The molecule has 0 radical (unpaired) electrons. The van der Waals surface area contributed by atoms with Crippen LogP contribution in [-0.4, -0.2) is 61.2 Å². The number of piperazine rings is 1. The first kappa shape index (κ1) is 13.9. The van der Waals surface area contributed by atoms with Crippen molar-refractivity contribution in [2.45, 2.75) is 24.9 Å². The van der Waals surface area contributed by atoms with E-state index in [0.29, 0.717) is 17.8 Å². The van der Waals surface area contributed by atoms with E-state index in [2.05, 4.69) is 35.3 Å². The minimum atomic E-state index is 0.401. The van der Waals surface area contributed by atoms with Crippen LogP contribution in [0.25, 0.3) is 0 Å². The highest BCUT2D eigenvalue weighted by Gasteiger charge is 2.27. The minimum Gasteiger partial charge on any atom is -0.508 e. The van der Waals surface area contributed by atoms with Gasteiger partial charge in [-0.3, -0.25) is 4.90 Å². The Morgan fingerprint density at radius 2 is 2.15 bits per heavy atom. The number of aromatic hydroxyl groups is 1. The lowest BCUT2D eigenvalue weighted by Crippen LogP contribution is -2.54. The first-order valence-electron chi connectivity index (χ1n) is 7.58. The third-order valence-corrected chi connectivity index (χ3v) is 4.83. The van der Waals surface area contributed by atoms with E-state index in [1.165, 1.54) is 5.56 Å². The van der Waals surface area contributed by atoms with Gasteiger partial charge in [0.1, 0.15) is 5.75 Å². The summed E-state index contributed by atoms with van der Waals surface area (Å²) in [6.07, 6.45) is 2.08. The van der Waals surface area contributed by atoms with E-state index in [1.807, 2.05) is 6.07 Å². The third-order valence-electron chi connectivity index (χ3n) is 4.83. The van der Waals surface area contributed by atoms with Gasteiger partial charge >= 0.3 is 0 Å². The number of nitrogens with zero attached hydrogens (tertiary/aromatic N) is 2. The third kappa shape index (κ3) is 2.68. The Hall–Kier alpha value is -1.10. The van der Waals surface area contributed by atoms with Gasteiger partial charge in [0.2, 0.25) is 0 Å². The molecule has 2 unspecified atom stereocenters. The quantitative estimate of drug-likeness (QED) is 0.870. The molecule has 2 atom stereocenters. The number of phenolic OH excluding ortho intramolecular Hbond substituents is 1. The van der Waals surface area contributed by atoms with Crippen LogP contribution < -0.4 is 5.32 Å². The smallest absolute Gasteiger partial charge is 0.119 e. The molecule has 0 amide bonds. The van der Waals surface area contributed by atoms with Crippen LogP contribution in [-0.2, 0) is 6.42 Å². The standard InChI is InChI=1S/C16H25N3O/c1-18-8-9-19(2)12(11-18)10-17-15-7-6-14-13(15)4-3-5-16(14)20/h3-5,12,15,17,20H,6-11H2,1-2H3. The van der Waals surface area contributed by atoms with Crippen LogP contribution in [0.1, 0.15) is 23.6 Å². The molecule has 4 heteroatoms. The Kier molecular flexibility index (Phi) is 3.96. The molecule has 0 aromatic heterocycles. The van der Waals surface area contributed by atoms with Crippen LogP contribution in [0.15, 0.2) is 18.2 Å². The lowest BCUT2D eigenvalue weighted by Gasteiger charge is -2.38. The molecule has 1 aliphatic carbocycles. The van der Waals surface area contributed by atoms with Crippen molar-refractivity contribution < 1.29 is 5.11 Å². The zero-order valence-electron chi connectivity index (χ0n) is 12.5. The number of hydrogen-bond donors (Lipinski definition) is 2. The van der Waals surface area contributed by atoms with Gasteiger partial charge in [-0.05, 0) is 44.1 Å². The zero-order valence-corrected chi connectivity index (χ0v) is 12.5. The number of hydrogen-bond acceptors (Lipinski definition) is 4. The fourth-order valence-corrected chi connectivity index (χ4v) is 3.45. The molecule has 110 valence electrons. The molecule has 20 heavy (non-hydrogen) atoms. The van der Waals surface area contributed by atoms with Crippen molar-refractivity contribution >= 4 is 0 Å². The zero-order chi connectivity index (χ0) is 14.1. The van der Waals surface area contributed by atoms with Gasteiger partial charge in [-0.15, -0.1) is 0 Å². The highest BCUT2D eigenvalue weighted by Crippen LogP contribution is 2.36. The minimum absolute atomic E-state index is 0.401. The molecule has 1 fully saturated rings. The Morgan fingerprint density at radius 1 is 1.30 bits per heavy atom. The van der Waals surface area contributed by atoms with Crippen LogP contribution in [0.3, 0.4) is 0 Å². The summed E-state index contributed by atoms with van der Waals surface area (Å²) in [6, 6.07) is 6.88. The van der Waals surface area contributed by atoms with Gasteiger partial charge < -0.3 is 15.3 Å². The predicted molar refractivity (Wildman–Crippen MR) is 81.1 cm³/mol. The van der Waals surface area contributed by atoms with Gasteiger partial charge in [-0.25, -0.2) is 0 Å². The van der Waals surface area contributed by atoms with E-state index in [4.69, 9.17) is 0 Å². The van der Waals surface area contributed by atoms with E-state index < -0.39 is 0 Å². The van der Waals surface area contributed by atoms with Gasteiger partial charge in [0, 0.05) is 38.3 Å². The molecule has 1 saturated heterocycles. The number of phenols is 1. The van der Waals surface area contributed by atoms with E-state index in [9.17, 15) is 5.11 Å². The van der Waals surface area contributed by atoms with Crippen molar-refractivity contribution in [3.63, 3.8) is 0 Å². The van der Waals surface area contributed by atoms with Crippen LogP contribution in [0.4, 0.5) is 0 Å². The lowest BCUT2D eigenvalue weighted by molar-refractivity contribution is 0.111. The highest BCUT2D eigenvalue weighted by molar-refractivity contribution is 5.44. The predicted octanol–water partition coefficient (Wildman–Crippen LogP) is 1.21. The van der Waals surface area contributed by atoms with Crippen molar-refractivity contribution in [1.82, 2.24) is 15.1 Å². The second-order valence-electron chi connectivity index (χ2n) is 6.24. The molecule has 0 saturated carbocycles. The average Bonchev–Trinajstić information content (AvgIpc) is 2.85. The van der Waals surface area contributed by atoms with Crippen LogP contribution in [0.5, 0.6) is 5.75 Å². The SMILES string of the molecule is CN1CCN(C)C(CNC2CCc3c(O)cccc32)C1. The summed E-state index contributed by atoms with van der Waals surface area (Å²) in [6.45, 7) is 4.45. The molecule has 1 aliphatic heterocycles. The molecule has 1 aromatic rings. The van der Waals surface area contributed by atoms with Crippen molar-refractivity contribution in [2.75, 3.05) is 40.3 Å². The summed E-state index contributed by atoms with van der Waals surface area (Å²) in [5.74, 6) is 0.460. The molecule has 3 rings (SSSR count). The Balaban J connectivity index is 1.62. The molecule has 0 spiro atoms. The lowest BCUT2D eigenvalue weighted by atomic mass is 10.1. The molecular formula is C16H25N3O. The summed E-state index contributed by atoms with van der Waals surface area (Å²) >= 11 is 0. The van der Waals surface area contributed by atoms with Crippen molar-refractivity contribution in [2.24, 2.45) is 0 Å². The van der Waals surface area contributed by atoms with Crippen LogP contribution in [0, 0.1) is 0 Å². The number of benzene rings is 1. The van der Waals surface area contributed by atoms with E-state index in [-0.39, 0.29) is 0 Å². The van der Waals surface area contributed by atoms with E-state index in [1.54, 1.807) is 6.07 Å². The summed E-state index contributed by atoms with van der Waals surface area (Å²) in [5, 5.41) is 13.6. The Labute approximate surface area is 121 Å². The fraction of sp³-hybridized carbons (Fsp3) is 0.625. The summed E-state index contributed by atoms with van der Waals surface area (Å²) in [7, 11) is 4.41. The molecule has 4 nitrogen and oxygen atoms in total. The maximum Gasteiger partial charge on any atom is 0.119 e. The topological polar surface area (TPSA) is 38.7 Å². The first-order chi connectivity index (χ1) is 9.65. The second-order valence-corrected chi connectivity index (χ2v) is 6.24. The normalized spacial score (nSPS) is 27.7. The highest BCUT2D eigenvalue weighted by atomic mass is 16.3. The number of nitrogens with one attached hydrogen (secondary N) is 1. The molecule has 2 N–H and O–H groups in total. The fourth-order valence-electron chi connectivity index (χ4n) is 3.45. The van der Waals surface area contributed by atoms with Gasteiger partial charge in [0.15, 0.2) is 0 Å². The number of likely N-dealkylation sites (N-methyl/N-ethyl adjacent to an activating group) is 2. The Bertz CT molecular complexity index is 477. The molecule has 1 aromatic carbocycles. The van der Waals surface area contributed by atoms with Gasteiger partial charge in [-0.2, -0.15) is 0 Å². The molecule has 2 aliphatic rings. The Morgan fingerprint density at radius 3 is 3.00 bits per heavy atom. The first-order valence-corrected chi connectivity index (χ1v) is 7.58. The number of rotatable bonds is 3. The molecular weight excluding hydrogens is 250 g/mol. The monoisotopic (exact) mass is 275 g/mol. The van der Waals surface area contributed by atoms with Gasteiger partial charge in [0.25, 0.3) is 0 Å². The largest absolute Gasteiger partial charge is 0.508 e. The van der Waals surface area contributed by atoms with E-state index >= 15 is 0 Å². The van der Waals surface area contributed by atoms with Gasteiger partial charge in [0.05, 0.1) is 0 Å². The van der Waals surface area contributed by atoms with Crippen molar-refractivity contribution in [3.8, 4) is 5.75 Å². The van der Waals surface area contributed by atoms with Crippen LogP contribution >= 0.6 is 0 Å².